The molecule has 2 heterocycles. The Bertz CT molecular complexity index is 1330. The third-order valence-electron chi connectivity index (χ3n) is 4.70. The SMILES string of the molecule is CC(C)n1cnc2nc(CSc3ccccc3NC(=O)COc3ccc(Cl)cc3)cc(=O)n21. The summed E-state index contributed by atoms with van der Waals surface area (Å²) in [6.07, 6.45) is 1.61. The first-order chi connectivity index (χ1) is 15.9. The molecule has 1 amide bonds. The van der Waals surface area contributed by atoms with Crippen LogP contribution < -0.4 is 15.6 Å². The van der Waals surface area contributed by atoms with Crippen LogP contribution in [0.4, 0.5) is 5.69 Å². The van der Waals surface area contributed by atoms with Gasteiger partial charge in [0.25, 0.3) is 17.2 Å². The topological polar surface area (TPSA) is 90.5 Å². The van der Waals surface area contributed by atoms with Crippen LogP contribution in [-0.4, -0.2) is 31.7 Å². The quantitative estimate of drug-likeness (QED) is 0.373. The minimum atomic E-state index is -0.282. The number of carbonyl (C=O) groups excluding carboxylic acids is 1. The highest BCUT2D eigenvalue weighted by Crippen LogP contribution is 2.29. The number of benzene rings is 2. The van der Waals surface area contributed by atoms with Crippen molar-refractivity contribution in [1.82, 2.24) is 19.2 Å². The predicted molar refractivity (Wildman–Crippen MR) is 129 cm³/mol. The van der Waals surface area contributed by atoms with Crippen LogP contribution in [0.2, 0.25) is 5.02 Å². The molecule has 2 aromatic carbocycles. The van der Waals surface area contributed by atoms with E-state index in [1.807, 2.05) is 38.1 Å². The first-order valence-electron chi connectivity index (χ1n) is 10.3. The molecule has 0 aliphatic rings. The summed E-state index contributed by atoms with van der Waals surface area (Å²) < 4.78 is 8.72. The molecule has 0 aliphatic carbocycles. The smallest absolute Gasteiger partial charge is 0.274 e. The Balaban J connectivity index is 1.42. The fourth-order valence-corrected chi connectivity index (χ4v) is 4.15. The number of nitrogens with zero attached hydrogens (tertiary/aromatic N) is 4. The van der Waals surface area contributed by atoms with E-state index in [0.717, 1.165) is 4.90 Å². The molecule has 8 nitrogen and oxygen atoms in total. The van der Waals surface area contributed by atoms with Crippen LogP contribution in [-0.2, 0) is 10.5 Å². The molecule has 170 valence electrons. The van der Waals surface area contributed by atoms with E-state index < -0.39 is 0 Å². The molecular weight excluding hydrogens is 462 g/mol. The first-order valence-corrected chi connectivity index (χ1v) is 11.6. The summed E-state index contributed by atoms with van der Waals surface area (Å²) in [7, 11) is 0. The molecule has 33 heavy (non-hydrogen) atoms. The van der Waals surface area contributed by atoms with Gasteiger partial charge in [-0.25, -0.2) is 4.98 Å². The standard InChI is InChI=1S/C23H22ClN5O3S/c1-15(2)28-14-25-23-26-17(11-22(31)29(23)28)13-33-20-6-4-3-5-19(20)27-21(30)12-32-18-9-7-16(24)8-10-18/h3-11,14-15H,12-13H2,1-2H3,(H,27,30). The van der Waals surface area contributed by atoms with Crippen LogP contribution in [0.5, 0.6) is 5.75 Å². The number of para-hydroxylation sites is 1. The Morgan fingerprint density at radius 1 is 1.18 bits per heavy atom. The van der Waals surface area contributed by atoms with Gasteiger partial charge in [0, 0.05) is 27.8 Å². The molecule has 0 aliphatic heterocycles. The van der Waals surface area contributed by atoms with E-state index in [9.17, 15) is 9.59 Å². The normalized spacial score (nSPS) is 11.2. The minimum absolute atomic E-state index is 0.0916. The second kappa shape index (κ2) is 10.1. The van der Waals surface area contributed by atoms with Crippen LogP contribution in [0, 0.1) is 0 Å². The molecule has 0 spiro atoms. The molecular formula is C23H22ClN5O3S. The highest BCUT2D eigenvalue weighted by atomic mass is 35.5. The lowest BCUT2D eigenvalue weighted by molar-refractivity contribution is -0.118. The Morgan fingerprint density at radius 2 is 1.94 bits per heavy atom. The van der Waals surface area contributed by atoms with Crippen LogP contribution in [0.15, 0.2) is 70.6 Å². The van der Waals surface area contributed by atoms with Gasteiger partial charge < -0.3 is 10.1 Å². The van der Waals surface area contributed by atoms with E-state index >= 15 is 0 Å². The van der Waals surface area contributed by atoms with Gasteiger partial charge >= 0.3 is 0 Å². The molecule has 1 N–H and O–H groups in total. The van der Waals surface area contributed by atoms with Crippen molar-refractivity contribution in [2.75, 3.05) is 11.9 Å². The van der Waals surface area contributed by atoms with Crippen molar-refractivity contribution in [3.05, 3.63) is 82.0 Å². The van der Waals surface area contributed by atoms with Crippen molar-refractivity contribution in [2.24, 2.45) is 0 Å². The molecule has 4 rings (SSSR count). The number of carbonyl (C=O) groups is 1. The number of hydrogen-bond donors (Lipinski definition) is 1. The van der Waals surface area contributed by atoms with E-state index in [0.29, 0.717) is 33.7 Å². The van der Waals surface area contributed by atoms with Crippen molar-refractivity contribution in [3.8, 4) is 5.75 Å². The average molecular weight is 484 g/mol. The van der Waals surface area contributed by atoms with Crippen LogP contribution in [0.1, 0.15) is 25.6 Å². The molecule has 0 saturated heterocycles. The monoisotopic (exact) mass is 483 g/mol. The Hall–Kier alpha value is -3.30. The molecule has 0 atom stereocenters. The number of halogens is 1. The molecule has 2 aromatic heterocycles. The maximum atomic E-state index is 12.6. The van der Waals surface area contributed by atoms with Crippen LogP contribution >= 0.6 is 23.4 Å². The Labute approximate surface area is 199 Å². The van der Waals surface area contributed by atoms with Gasteiger partial charge in [-0.2, -0.15) is 9.50 Å². The van der Waals surface area contributed by atoms with E-state index in [1.54, 1.807) is 35.3 Å². The van der Waals surface area contributed by atoms with Crippen molar-refractivity contribution >= 4 is 40.7 Å². The van der Waals surface area contributed by atoms with Gasteiger partial charge in [0.05, 0.1) is 11.4 Å². The number of aromatic nitrogens is 4. The fraction of sp³-hybridized carbons (Fsp3) is 0.217. The summed E-state index contributed by atoms with van der Waals surface area (Å²) in [5, 5.41) is 3.47. The number of ether oxygens (including phenoxy) is 1. The lowest BCUT2D eigenvalue weighted by Gasteiger charge is -2.12. The van der Waals surface area contributed by atoms with Gasteiger partial charge in [0.1, 0.15) is 12.1 Å². The lowest BCUT2D eigenvalue weighted by Crippen LogP contribution is -2.22. The molecule has 0 unspecified atom stereocenters. The molecule has 10 heteroatoms. The zero-order valence-corrected chi connectivity index (χ0v) is 19.6. The number of thioether (sulfide) groups is 1. The van der Waals surface area contributed by atoms with E-state index in [2.05, 4.69) is 15.3 Å². The predicted octanol–water partition coefficient (Wildman–Crippen LogP) is 4.44. The number of fused-ring (bicyclic) bond motifs is 1. The third-order valence-corrected chi connectivity index (χ3v) is 6.06. The van der Waals surface area contributed by atoms with Crippen LogP contribution in [0.25, 0.3) is 5.78 Å². The second-order valence-corrected chi connectivity index (χ2v) is 8.95. The fourth-order valence-electron chi connectivity index (χ4n) is 3.13. The average Bonchev–Trinajstić information content (AvgIpc) is 3.23. The third kappa shape index (κ3) is 5.55. The van der Waals surface area contributed by atoms with Gasteiger partial charge in [-0.3, -0.25) is 14.3 Å². The summed E-state index contributed by atoms with van der Waals surface area (Å²) in [5.41, 5.74) is 1.10. The summed E-state index contributed by atoms with van der Waals surface area (Å²) in [5.74, 6) is 1.10. The molecule has 4 aromatic rings. The van der Waals surface area contributed by atoms with Gasteiger partial charge in [-0.1, -0.05) is 23.7 Å². The maximum absolute atomic E-state index is 12.6. The van der Waals surface area contributed by atoms with E-state index in [1.165, 1.54) is 22.3 Å². The summed E-state index contributed by atoms with van der Waals surface area (Å²) >= 11 is 7.33. The molecule has 0 radical (unpaired) electrons. The lowest BCUT2D eigenvalue weighted by atomic mass is 10.3. The number of anilines is 1. The number of hydrogen-bond acceptors (Lipinski definition) is 6. The molecule has 0 bridgehead atoms. The molecule has 0 saturated carbocycles. The van der Waals surface area contributed by atoms with Gasteiger partial charge in [-0.05, 0) is 50.2 Å². The first kappa shape index (κ1) is 22.9. The van der Waals surface area contributed by atoms with E-state index in [-0.39, 0.29) is 24.1 Å². The van der Waals surface area contributed by atoms with Crippen LogP contribution in [0.3, 0.4) is 0 Å². The van der Waals surface area contributed by atoms with Crippen molar-refractivity contribution in [1.29, 1.82) is 0 Å². The maximum Gasteiger partial charge on any atom is 0.274 e. The van der Waals surface area contributed by atoms with E-state index in [4.69, 9.17) is 16.3 Å². The van der Waals surface area contributed by atoms with Crippen molar-refractivity contribution in [3.63, 3.8) is 0 Å². The van der Waals surface area contributed by atoms with Crippen molar-refractivity contribution in [2.45, 2.75) is 30.5 Å². The Morgan fingerprint density at radius 3 is 2.70 bits per heavy atom. The number of amides is 1. The number of rotatable bonds is 8. The largest absolute Gasteiger partial charge is 0.484 e. The summed E-state index contributed by atoms with van der Waals surface area (Å²) in [6, 6.07) is 15.9. The Kier molecular flexibility index (Phi) is 7.00. The zero-order chi connectivity index (χ0) is 23.4. The highest BCUT2D eigenvalue weighted by molar-refractivity contribution is 7.98. The zero-order valence-electron chi connectivity index (χ0n) is 18.1. The van der Waals surface area contributed by atoms with Gasteiger partial charge in [0.2, 0.25) is 0 Å². The highest BCUT2D eigenvalue weighted by Gasteiger charge is 2.12. The number of nitrogens with one attached hydrogen (secondary N) is 1. The summed E-state index contributed by atoms with van der Waals surface area (Å²) in [4.78, 5) is 34.6. The second-order valence-electron chi connectivity index (χ2n) is 7.49. The van der Waals surface area contributed by atoms with Gasteiger partial charge in [-0.15, -0.1) is 11.8 Å². The minimum Gasteiger partial charge on any atom is -0.484 e. The van der Waals surface area contributed by atoms with Gasteiger partial charge in [0.15, 0.2) is 6.61 Å². The summed E-state index contributed by atoms with van der Waals surface area (Å²) in [6.45, 7) is 3.82. The van der Waals surface area contributed by atoms with Crippen molar-refractivity contribution < 1.29 is 9.53 Å². The molecule has 0 fully saturated rings.